The number of halogens is 4. The number of benzene rings is 1. The molecule has 7 heteroatoms. The second kappa shape index (κ2) is 8.08. The first kappa shape index (κ1) is 18.2. The minimum atomic E-state index is -0.183. The first-order chi connectivity index (χ1) is 10.2. The molecule has 0 saturated carbocycles. The standard InChI is InChI=1S/C15H15BrClFN2S.ClH/c16-10-2-1-3-11(18)14(10)15(12-4-5-13(17)21-12)20-8-6-19-7-9-20;/h1-5,15,19H,6-9H2;1H/t15-;/m0./s1. The summed E-state index contributed by atoms with van der Waals surface area (Å²) in [7, 11) is 0. The fourth-order valence-corrected chi connectivity index (χ4v) is 4.46. The Labute approximate surface area is 153 Å². The van der Waals surface area contributed by atoms with Crippen molar-refractivity contribution in [1.82, 2.24) is 10.2 Å². The van der Waals surface area contributed by atoms with E-state index in [9.17, 15) is 4.39 Å². The summed E-state index contributed by atoms with van der Waals surface area (Å²) in [5.74, 6) is -0.183. The quantitative estimate of drug-likeness (QED) is 0.765. The van der Waals surface area contributed by atoms with Crippen molar-refractivity contribution in [1.29, 1.82) is 0 Å². The van der Waals surface area contributed by atoms with E-state index >= 15 is 0 Å². The van der Waals surface area contributed by atoms with E-state index in [-0.39, 0.29) is 24.3 Å². The van der Waals surface area contributed by atoms with Crippen molar-refractivity contribution in [2.45, 2.75) is 6.04 Å². The molecule has 3 rings (SSSR count). The number of nitrogens with zero attached hydrogens (tertiary/aromatic N) is 1. The van der Waals surface area contributed by atoms with Gasteiger partial charge in [0.05, 0.1) is 10.4 Å². The van der Waals surface area contributed by atoms with Gasteiger partial charge in [0.2, 0.25) is 0 Å². The summed E-state index contributed by atoms with van der Waals surface area (Å²) in [6.07, 6.45) is 0. The van der Waals surface area contributed by atoms with Gasteiger partial charge in [0.25, 0.3) is 0 Å². The highest BCUT2D eigenvalue weighted by molar-refractivity contribution is 9.10. The zero-order valence-corrected chi connectivity index (χ0v) is 15.7. The smallest absolute Gasteiger partial charge is 0.129 e. The third-order valence-corrected chi connectivity index (χ3v) is 5.63. The zero-order valence-electron chi connectivity index (χ0n) is 11.7. The largest absolute Gasteiger partial charge is 0.314 e. The van der Waals surface area contributed by atoms with Gasteiger partial charge in [0, 0.05) is 41.1 Å². The van der Waals surface area contributed by atoms with Gasteiger partial charge >= 0.3 is 0 Å². The number of nitrogens with one attached hydrogen (secondary N) is 1. The molecule has 0 spiro atoms. The van der Waals surface area contributed by atoms with Crippen LogP contribution in [0.1, 0.15) is 16.5 Å². The molecule has 1 aromatic carbocycles. The van der Waals surface area contributed by atoms with Gasteiger partial charge in [-0.2, -0.15) is 0 Å². The molecular formula is C15H16BrCl2FN2S. The summed E-state index contributed by atoms with van der Waals surface area (Å²) in [5.41, 5.74) is 0.693. The van der Waals surface area contributed by atoms with E-state index in [0.717, 1.165) is 39.9 Å². The average molecular weight is 426 g/mol. The van der Waals surface area contributed by atoms with Crippen molar-refractivity contribution in [3.8, 4) is 0 Å². The van der Waals surface area contributed by atoms with Crippen LogP contribution in [0.3, 0.4) is 0 Å². The van der Waals surface area contributed by atoms with E-state index in [2.05, 4.69) is 26.1 Å². The maximum absolute atomic E-state index is 14.4. The van der Waals surface area contributed by atoms with Crippen molar-refractivity contribution in [3.63, 3.8) is 0 Å². The van der Waals surface area contributed by atoms with E-state index in [1.54, 1.807) is 6.07 Å². The van der Waals surface area contributed by atoms with Gasteiger partial charge in [-0.05, 0) is 24.3 Å². The monoisotopic (exact) mass is 424 g/mol. The second-order valence-electron chi connectivity index (χ2n) is 4.97. The summed E-state index contributed by atoms with van der Waals surface area (Å²) < 4.78 is 16.0. The van der Waals surface area contributed by atoms with Crippen molar-refractivity contribution >= 4 is 51.3 Å². The minimum Gasteiger partial charge on any atom is -0.314 e. The Kier molecular flexibility index (Phi) is 6.68. The lowest BCUT2D eigenvalue weighted by molar-refractivity contribution is 0.197. The Balaban J connectivity index is 0.00000176. The molecule has 1 saturated heterocycles. The Hall–Kier alpha value is -0.170. The summed E-state index contributed by atoms with van der Waals surface area (Å²) in [6.45, 7) is 3.62. The third kappa shape index (κ3) is 3.83. The first-order valence-electron chi connectivity index (χ1n) is 6.81. The van der Waals surface area contributed by atoms with Crippen molar-refractivity contribution in [3.05, 3.63) is 55.4 Å². The summed E-state index contributed by atoms with van der Waals surface area (Å²) in [5, 5.41) is 3.34. The summed E-state index contributed by atoms with van der Waals surface area (Å²) >= 11 is 11.1. The van der Waals surface area contributed by atoms with Crippen LogP contribution in [0.2, 0.25) is 4.34 Å². The van der Waals surface area contributed by atoms with E-state index in [0.29, 0.717) is 5.56 Å². The first-order valence-corrected chi connectivity index (χ1v) is 8.79. The van der Waals surface area contributed by atoms with Gasteiger partial charge in [0.1, 0.15) is 5.82 Å². The molecule has 0 bridgehead atoms. The van der Waals surface area contributed by atoms with Gasteiger partial charge in [-0.1, -0.05) is 33.6 Å². The maximum atomic E-state index is 14.4. The maximum Gasteiger partial charge on any atom is 0.129 e. The predicted molar refractivity (Wildman–Crippen MR) is 97.0 cm³/mol. The zero-order chi connectivity index (χ0) is 14.8. The van der Waals surface area contributed by atoms with Crippen LogP contribution < -0.4 is 5.32 Å². The lowest BCUT2D eigenvalue weighted by Gasteiger charge is -2.35. The highest BCUT2D eigenvalue weighted by atomic mass is 79.9. The molecule has 1 fully saturated rings. The van der Waals surface area contributed by atoms with Crippen molar-refractivity contribution in [2.24, 2.45) is 0 Å². The van der Waals surface area contributed by atoms with Crippen molar-refractivity contribution < 1.29 is 4.39 Å². The molecule has 1 aliphatic rings. The number of hydrogen-bond acceptors (Lipinski definition) is 3. The molecule has 2 aromatic rings. The van der Waals surface area contributed by atoms with Crippen LogP contribution >= 0.6 is 51.3 Å². The SMILES string of the molecule is Cl.Fc1cccc(Br)c1[C@H](c1ccc(Cl)s1)N1CCNCC1. The van der Waals surface area contributed by atoms with Crippen molar-refractivity contribution in [2.75, 3.05) is 26.2 Å². The molecule has 0 amide bonds. The van der Waals surface area contributed by atoms with E-state index in [4.69, 9.17) is 11.6 Å². The number of thiophene rings is 1. The van der Waals surface area contributed by atoms with Crippen LogP contribution in [0.25, 0.3) is 0 Å². The van der Waals surface area contributed by atoms with Gasteiger partial charge in [-0.3, -0.25) is 4.90 Å². The Morgan fingerprint density at radius 3 is 2.55 bits per heavy atom. The fraction of sp³-hybridized carbons (Fsp3) is 0.333. The molecule has 120 valence electrons. The van der Waals surface area contributed by atoms with Crippen LogP contribution in [0.4, 0.5) is 4.39 Å². The molecule has 0 radical (unpaired) electrons. The molecule has 1 aromatic heterocycles. The molecule has 22 heavy (non-hydrogen) atoms. The average Bonchev–Trinajstić information content (AvgIpc) is 2.90. The molecule has 1 aliphatic heterocycles. The fourth-order valence-electron chi connectivity index (χ4n) is 2.69. The van der Waals surface area contributed by atoms with Gasteiger partial charge < -0.3 is 5.32 Å². The summed E-state index contributed by atoms with van der Waals surface area (Å²) in [4.78, 5) is 3.38. The number of hydrogen-bond donors (Lipinski definition) is 1. The highest BCUT2D eigenvalue weighted by Gasteiger charge is 2.29. The van der Waals surface area contributed by atoms with Crippen LogP contribution in [0, 0.1) is 5.82 Å². The Morgan fingerprint density at radius 2 is 1.95 bits per heavy atom. The van der Waals surface area contributed by atoms with Crippen LogP contribution in [0.15, 0.2) is 34.8 Å². The number of rotatable bonds is 3. The lowest BCUT2D eigenvalue weighted by Crippen LogP contribution is -2.45. The van der Waals surface area contributed by atoms with Gasteiger partial charge in [0.15, 0.2) is 0 Å². The topological polar surface area (TPSA) is 15.3 Å². The van der Waals surface area contributed by atoms with Gasteiger partial charge in [-0.25, -0.2) is 4.39 Å². The normalized spacial score (nSPS) is 17.0. The van der Waals surface area contributed by atoms with Crippen LogP contribution in [-0.2, 0) is 0 Å². The Morgan fingerprint density at radius 1 is 1.23 bits per heavy atom. The van der Waals surface area contributed by atoms with E-state index in [1.807, 2.05) is 18.2 Å². The number of piperazine rings is 1. The van der Waals surface area contributed by atoms with E-state index < -0.39 is 0 Å². The lowest BCUT2D eigenvalue weighted by atomic mass is 10.0. The van der Waals surface area contributed by atoms with E-state index in [1.165, 1.54) is 17.4 Å². The third-order valence-electron chi connectivity index (χ3n) is 3.65. The Bertz CT molecular complexity index is 612. The van der Waals surface area contributed by atoms with Crippen LogP contribution in [0.5, 0.6) is 0 Å². The molecular weight excluding hydrogens is 410 g/mol. The predicted octanol–water partition coefficient (Wildman–Crippen LogP) is 4.72. The summed E-state index contributed by atoms with van der Waals surface area (Å²) in [6, 6.07) is 8.91. The second-order valence-corrected chi connectivity index (χ2v) is 7.57. The molecule has 0 aliphatic carbocycles. The van der Waals surface area contributed by atoms with Crippen LogP contribution in [-0.4, -0.2) is 31.1 Å². The molecule has 0 unspecified atom stereocenters. The molecule has 2 nitrogen and oxygen atoms in total. The van der Waals surface area contributed by atoms with Gasteiger partial charge in [-0.15, -0.1) is 23.7 Å². The molecule has 2 heterocycles. The molecule has 1 N–H and O–H groups in total. The molecule has 1 atom stereocenters. The minimum absolute atomic E-state index is 0. The highest BCUT2D eigenvalue weighted by Crippen LogP contribution is 2.39.